The average Bonchev–Trinajstić information content (AvgIpc) is 3.54. The van der Waals surface area contributed by atoms with E-state index in [9.17, 15) is 0 Å². The van der Waals surface area contributed by atoms with Crippen LogP contribution in [0, 0.1) is 0 Å². The van der Waals surface area contributed by atoms with E-state index in [-0.39, 0.29) is 0 Å². The van der Waals surface area contributed by atoms with Crippen LogP contribution in [0.2, 0.25) is 0 Å². The molecule has 3 aliphatic rings. The van der Waals surface area contributed by atoms with E-state index >= 15 is 0 Å². The molecule has 0 aromatic carbocycles. The van der Waals surface area contributed by atoms with Crippen LogP contribution >= 0.6 is 0 Å². The summed E-state index contributed by atoms with van der Waals surface area (Å²) >= 11 is 0. The maximum atomic E-state index is 4.67. The number of hydrogen-bond donors (Lipinski definition) is 0. The molecule has 0 atom stereocenters. The van der Waals surface area contributed by atoms with Gasteiger partial charge in [-0.05, 0) is 57.4 Å². The molecule has 0 N–H and O–H groups in total. The van der Waals surface area contributed by atoms with Crippen LogP contribution in [0.3, 0.4) is 0 Å². The third-order valence-electron chi connectivity index (χ3n) is 6.03. The summed E-state index contributed by atoms with van der Waals surface area (Å²) < 4.78 is 0. The highest BCUT2D eigenvalue weighted by Crippen LogP contribution is 2.36. The molecule has 0 spiro atoms. The van der Waals surface area contributed by atoms with Crippen molar-refractivity contribution in [1.82, 2.24) is 19.9 Å². The fraction of sp³-hybridized carbons (Fsp3) is 0.600. The normalized spacial score (nSPS) is 20.7. The highest BCUT2D eigenvalue weighted by atomic mass is 15.3. The number of aromatic nitrogens is 4. The minimum atomic E-state index is 0.575. The van der Waals surface area contributed by atoms with Crippen molar-refractivity contribution in [2.24, 2.45) is 0 Å². The van der Waals surface area contributed by atoms with Crippen LogP contribution in [0.1, 0.15) is 49.8 Å². The van der Waals surface area contributed by atoms with E-state index in [2.05, 4.69) is 35.8 Å². The van der Waals surface area contributed by atoms with Crippen molar-refractivity contribution in [3.8, 4) is 0 Å². The molecule has 0 bridgehead atoms. The Morgan fingerprint density at radius 1 is 0.885 bits per heavy atom. The molecule has 5 rings (SSSR count). The maximum Gasteiger partial charge on any atom is 0.135 e. The number of nitrogens with zero attached hydrogens (tertiary/aromatic N) is 6. The van der Waals surface area contributed by atoms with Gasteiger partial charge < -0.3 is 9.80 Å². The summed E-state index contributed by atoms with van der Waals surface area (Å²) in [5.41, 5.74) is 2.69. The molecular formula is C20H26N6. The highest BCUT2D eigenvalue weighted by molar-refractivity contribution is 5.50. The van der Waals surface area contributed by atoms with Gasteiger partial charge in [0.1, 0.15) is 24.3 Å². The molecule has 2 aliphatic carbocycles. The van der Waals surface area contributed by atoms with Crippen LogP contribution in [0.15, 0.2) is 24.9 Å². The van der Waals surface area contributed by atoms with Crippen LogP contribution in [0.4, 0.5) is 11.6 Å². The van der Waals surface area contributed by atoms with Gasteiger partial charge in [-0.2, -0.15) is 0 Å². The van der Waals surface area contributed by atoms with Crippen molar-refractivity contribution in [1.29, 1.82) is 0 Å². The van der Waals surface area contributed by atoms with Crippen LogP contribution < -0.4 is 9.80 Å². The van der Waals surface area contributed by atoms with Crippen molar-refractivity contribution in [2.75, 3.05) is 22.9 Å². The number of piperidine rings is 1. The molecule has 0 radical (unpaired) electrons. The second-order valence-electron chi connectivity index (χ2n) is 7.75. The number of aryl methyl sites for hydroxylation is 1. The van der Waals surface area contributed by atoms with E-state index in [0.29, 0.717) is 12.1 Å². The standard InChI is InChI=1S/C20H26N6/c1-2-4-18-17(3-1)20(24-14-22-18)25-11-8-16(9-12-25)26(15-5-6-15)19-7-10-21-13-23-19/h7,10,13-16H,1-6,8-9,11-12H2. The van der Waals surface area contributed by atoms with Gasteiger partial charge in [-0.15, -0.1) is 0 Å². The molecule has 6 heteroatoms. The lowest BCUT2D eigenvalue weighted by Gasteiger charge is -2.40. The first-order valence-corrected chi connectivity index (χ1v) is 10.0. The SMILES string of the molecule is c1cc(N(C2CC2)C2CCN(c3ncnc4c3CCCC4)CC2)ncn1. The fourth-order valence-corrected chi connectivity index (χ4v) is 4.59. The molecule has 6 nitrogen and oxygen atoms in total. The van der Waals surface area contributed by atoms with E-state index in [1.807, 2.05) is 6.20 Å². The van der Waals surface area contributed by atoms with Crippen molar-refractivity contribution >= 4 is 11.6 Å². The van der Waals surface area contributed by atoms with Gasteiger partial charge >= 0.3 is 0 Å². The molecule has 2 aromatic rings. The van der Waals surface area contributed by atoms with E-state index in [1.54, 1.807) is 12.7 Å². The molecule has 2 aromatic heterocycles. The van der Waals surface area contributed by atoms with Gasteiger partial charge in [0.15, 0.2) is 0 Å². The number of fused-ring (bicyclic) bond motifs is 1. The predicted octanol–water partition coefficient (Wildman–Crippen LogP) is 2.78. The van der Waals surface area contributed by atoms with E-state index in [4.69, 9.17) is 0 Å². The molecular weight excluding hydrogens is 324 g/mol. The molecule has 136 valence electrons. The summed E-state index contributed by atoms with van der Waals surface area (Å²) in [7, 11) is 0. The largest absolute Gasteiger partial charge is 0.356 e. The summed E-state index contributed by atoms with van der Waals surface area (Å²) in [5, 5.41) is 0. The first-order chi connectivity index (χ1) is 12.9. The van der Waals surface area contributed by atoms with Crippen molar-refractivity contribution in [3.63, 3.8) is 0 Å². The Kier molecular flexibility index (Phi) is 4.19. The van der Waals surface area contributed by atoms with Gasteiger partial charge in [0.05, 0.1) is 0 Å². The van der Waals surface area contributed by atoms with E-state index in [0.717, 1.165) is 31.7 Å². The second kappa shape index (κ2) is 6.82. The molecule has 26 heavy (non-hydrogen) atoms. The molecule has 2 fully saturated rings. The Morgan fingerprint density at radius 3 is 2.46 bits per heavy atom. The van der Waals surface area contributed by atoms with Gasteiger partial charge in [-0.1, -0.05) is 0 Å². The number of hydrogen-bond acceptors (Lipinski definition) is 6. The first-order valence-electron chi connectivity index (χ1n) is 10.0. The molecule has 0 amide bonds. The minimum Gasteiger partial charge on any atom is -0.356 e. The van der Waals surface area contributed by atoms with E-state index in [1.165, 1.54) is 55.6 Å². The quantitative estimate of drug-likeness (QED) is 0.845. The van der Waals surface area contributed by atoms with Gasteiger partial charge in [-0.25, -0.2) is 19.9 Å². The Bertz CT molecular complexity index is 752. The van der Waals surface area contributed by atoms with Crippen LogP contribution in [0.25, 0.3) is 0 Å². The first kappa shape index (κ1) is 16.0. The average molecular weight is 350 g/mol. The second-order valence-corrected chi connectivity index (χ2v) is 7.75. The molecule has 1 saturated heterocycles. The topological polar surface area (TPSA) is 58.0 Å². The zero-order valence-corrected chi connectivity index (χ0v) is 15.2. The third-order valence-corrected chi connectivity index (χ3v) is 6.03. The maximum absolute atomic E-state index is 4.67. The Labute approximate surface area is 154 Å². The lowest BCUT2D eigenvalue weighted by Crippen LogP contribution is -2.47. The van der Waals surface area contributed by atoms with Crippen molar-refractivity contribution in [3.05, 3.63) is 36.2 Å². The summed E-state index contributed by atoms with van der Waals surface area (Å²) in [4.78, 5) is 22.9. The highest BCUT2D eigenvalue weighted by Gasteiger charge is 2.36. The lowest BCUT2D eigenvalue weighted by atomic mass is 9.95. The Morgan fingerprint density at radius 2 is 1.69 bits per heavy atom. The Hall–Kier alpha value is -2.24. The van der Waals surface area contributed by atoms with Gasteiger partial charge in [0.2, 0.25) is 0 Å². The van der Waals surface area contributed by atoms with Gasteiger partial charge in [0, 0.05) is 42.6 Å². The van der Waals surface area contributed by atoms with Crippen LogP contribution in [0.5, 0.6) is 0 Å². The van der Waals surface area contributed by atoms with Crippen molar-refractivity contribution in [2.45, 2.75) is 63.5 Å². The number of rotatable bonds is 4. The zero-order chi connectivity index (χ0) is 17.3. The monoisotopic (exact) mass is 350 g/mol. The van der Waals surface area contributed by atoms with E-state index < -0.39 is 0 Å². The van der Waals surface area contributed by atoms with Crippen LogP contribution in [-0.4, -0.2) is 45.1 Å². The molecule has 0 unspecified atom stereocenters. The zero-order valence-electron chi connectivity index (χ0n) is 15.2. The lowest BCUT2D eigenvalue weighted by molar-refractivity contribution is 0.456. The minimum absolute atomic E-state index is 0.575. The number of anilines is 2. The summed E-state index contributed by atoms with van der Waals surface area (Å²) in [6, 6.07) is 3.31. The van der Waals surface area contributed by atoms with Crippen molar-refractivity contribution < 1.29 is 0 Å². The molecule has 1 aliphatic heterocycles. The fourth-order valence-electron chi connectivity index (χ4n) is 4.59. The van der Waals surface area contributed by atoms with Gasteiger partial charge in [0.25, 0.3) is 0 Å². The summed E-state index contributed by atoms with van der Waals surface area (Å²) in [5.74, 6) is 2.30. The molecule has 1 saturated carbocycles. The molecule has 3 heterocycles. The predicted molar refractivity (Wildman–Crippen MR) is 101 cm³/mol. The Balaban J connectivity index is 1.32. The smallest absolute Gasteiger partial charge is 0.135 e. The van der Waals surface area contributed by atoms with Crippen LogP contribution in [-0.2, 0) is 12.8 Å². The van der Waals surface area contributed by atoms with Gasteiger partial charge in [-0.3, -0.25) is 0 Å². The summed E-state index contributed by atoms with van der Waals surface area (Å²) in [6.45, 7) is 2.14. The third kappa shape index (κ3) is 3.02. The summed E-state index contributed by atoms with van der Waals surface area (Å²) in [6.07, 6.45) is 15.0.